The smallest absolute Gasteiger partial charge is 0.336 e. The lowest BCUT2D eigenvalue weighted by molar-refractivity contribution is -0.385. The van der Waals surface area contributed by atoms with E-state index in [-0.39, 0.29) is 11.3 Å². The van der Waals surface area contributed by atoms with Crippen LogP contribution in [0.25, 0.3) is 0 Å². The summed E-state index contributed by atoms with van der Waals surface area (Å²) in [6, 6.07) is 3.71. The van der Waals surface area contributed by atoms with Gasteiger partial charge in [0.1, 0.15) is 5.54 Å². The highest BCUT2D eigenvalue weighted by molar-refractivity contribution is 5.96. The Hall–Kier alpha value is -2.50. The molecular weight excluding hydrogens is 248 g/mol. The van der Waals surface area contributed by atoms with Crippen LogP contribution in [0.15, 0.2) is 35.3 Å². The Balaban J connectivity index is 2.66. The molecule has 6 heteroatoms. The van der Waals surface area contributed by atoms with Crippen LogP contribution in [0.1, 0.15) is 29.8 Å². The molecule has 2 rings (SSSR count). The number of non-ortho nitro benzene ring substituents is 1. The van der Waals surface area contributed by atoms with Gasteiger partial charge in [0.2, 0.25) is 0 Å². The molecule has 19 heavy (non-hydrogen) atoms. The quantitative estimate of drug-likeness (QED) is 0.667. The Bertz CT molecular complexity index is 634. The molecule has 0 amide bonds. The number of benzene rings is 1. The fraction of sp³-hybridized carbons (Fsp3) is 0.231. The van der Waals surface area contributed by atoms with Gasteiger partial charge in [0, 0.05) is 23.4 Å². The fourth-order valence-electron chi connectivity index (χ4n) is 2.12. The molecule has 1 aliphatic heterocycles. The van der Waals surface area contributed by atoms with Crippen molar-refractivity contribution in [1.82, 2.24) is 0 Å². The van der Waals surface area contributed by atoms with E-state index < -0.39 is 16.4 Å². The number of nitro benzene ring substituents is 1. The maximum absolute atomic E-state index is 11.2. The van der Waals surface area contributed by atoms with Crippen molar-refractivity contribution in [2.45, 2.75) is 19.4 Å². The molecule has 1 unspecified atom stereocenters. The van der Waals surface area contributed by atoms with Crippen LogP contribution in [0.5, 0.6) is 0 Å². The molecule has 0 spiro atoms. The van der Waals surface area contributed by atoms with E-state index in [2.05, 4.69) is 4.99 Å². The lowest BCUT2D eigenvalue weighted by Gasteiger charge is -2.21. The van der Waals surface area contributed by atoms with Crippen LogP contribution in [0.4, 0.5) is 5.69 Å². The van der Waals surface area contributed by atoms with E-state index in [1.807, 2.05) is 0 Å². The van der Waals surface area contributed by atoms with Gasteiger partial charge < -0.3 is 5.11 Å². The van der Waals surface area contributed by atoms with Gasteiger partial charge in [-0.3, -0.25) is 15.1 Å². The molecule has 1 N–H and O–H groups in total. The largest absolute Gasteiger partial charge is 0.478 e. The van der Waals surface area contributed by atoms with Gasteiger partial charge in [0.25, 0.3) is 5.69 Å². The Morgan fingerprint density at radius 3 is 2.63 bits per heavy atom. The third kappa shape index (κ3) is 2.24. The molecule has 1 aromatic carbocycles. The van der Waals surface area contributed by atoms with Gasteiger partial charge in [-0.15, -0.1) is 0 Å². The zero-order valence-corrected chi connectivity index (χ0v) is 10.5. The number of aliphatic imine (C=N–C) groups is 1. The lowest BCUT2D eigenvalue weighted by Crippen LogP contribution is -2.19. The van der Waals surface area contributed by atoms with Crippen molar-refractivity contribution in [3.63, 3.8) is 0 Å². The zero-order chi connectivity index (χ0) is 14.2. The predicted octanol–water partition coefficient (Wildman–Crippen LogP) is 2.54. The minimum absolute atomic E-state index is 0.0243. The van der Waals surface area contributed by atoms with Crippen LogP contribution < -0.4 is 0 Å². The van der Waals surface area contributed by atoms with Crippen LogP contribution in [0.2, 0.25) is 0 Å². The molecule has 0 radical (unpaired) electrons. The third-order valence-corrected chi connectivity index (χ3v) is 3.05. The fourth-order valence-corrected chi connectivity index (χ4v) is 2.12. The lowest BCUT2D eigenvalue weighted by atomic mass is 9.89. The highest BCUT2D eigenvalue weighted by atomic mass is 16.6. The topological polar surface area (TPSA) is 92.8 Å². The Morgan fingerprint density at radius 1 is 1.47 bits per heavy atom. The zero-order valence-electron chi connectivity index (χ0n) is 10.5. The van der Waals surface area contributed by atoms with Gasteiger partial charge in [-0.2, -0.15) is 0 Å². The average Bonchev–Trinajstić information content (AvgIpc) is 2.69. The summed E-state index contributed by atoms with van der Waals surface area (Å²) in [7, 11) is 0. The maximum Gasteiger partial charge on any atom is 0.336 e. The first-order valence-electron chi connectivity index (χ1n) is 5.61. The third-order valence-electron chi connectivity index (χ3n) is 3.05. The number of nitro groups is 1. The Labute approximate surface area is 109 Å². The number of carboxylic acids is 1. The number of rotatable bonds is 3. The second-order valence-corrected chi connectivity index (χ2v) is 4.53. The van der Waals surface area contributed by atoms with Crippen molar-refractivity contribution in [3.8, 4) is 0 Å². The number of carboxylic acid groups (broad SMARTS) is 1. The molecule has 1 aliphatic rings. The van der Waals surface area contributed by atoms with Gasteiger partial charge in [-0.25, -0.2) is 4.79 Å². The first kappa shape index (κ1) is 12.9. The maximum atomic E-state index is 11.2. The molecule has 0 fully saturated rings. The van der Waals surface area contributed by atoms with Crippen molar-refractivity contribution < 1.29 is 14.8 Å². The molecule has 0 saturated carbocycles. The summed E-state index contributed by atoms with van der Waals surface area (Å²) in [6.07, 6.45) is 3.51. The van der Waals surface area contributed by atoms with Gasteiger partial charge in [-0.05, 0) is 26.0 Å². The van der Waals surface area contributed by atoms with E-state index in [4.69, 9.17) is 0 Å². The number of hydrogen-bond donors (Lipinski definition) is 1. The molecule has 0 aromatic heterocycles. The van der Waals surface area contributed by atoms with Gasteiger partial charge in [0.15, 0.2) is 0 Å². The summed E-state index contributed by atoms with van der Waals surface area (Å²) in [5, 5.41) is 20.0. The van der Waals surface area contributed by atoms with Crippen molar-refractivity contribution in [1.29, 1.82) is 0 Å². The van der Waals surface area contributed by atoms with E-state index >= 15 is 0 Å². The van der Waals surface area contributed by atoms with E-state index in [0.29, 0.717) is 5.56 Å². The molecular formula is C13H12N2O4. The standard InChI is InChI=1S/C13H12N2O4/c1-8-5-6-13(2,14-8)11-7-9(15(18)19)3-4-10(11)12(16)17/h3-7H,1-2H3,(H,16,17). The van der Waals surface area contributed by atoms with Gasteiger partial charge >= 0.3 is 5.97 Å². The molecule has 98 valence electrons. The number of hydrogen-bond acceptors (Lipinski definition) is 4. The van der Waals surface area contributed by atoms with E-state index in [0.717, 1.165) is 5.71 Å². The molecule has 1 heterocycles. The molecule has 0 aliphatic carbocycles. The number of nitrogens with zero attached hydrogens (tertiary/aromatic N) is 2. The predicted molar refractivity (Wildman–Crippen MR) is 69.7 cm³/mol. The van der Waals surface area contributed by atoms with E-state index in [9.17, 15) is 20.0 Å². The second kappa shape index (κ2) is 4.31. The van der Waals surface area contributed by atoms with Crippen LogP contribution in [0.3, 0.4) is 0 Å². The monoisotopic (exact) mass is 260 g/mol. The normalized spacial score (nSPS) is 21.3. The Morgan fingerprint density at radius 2 is 2.16 bits per heavy atom. The van der Waals surface area contributed by atoms with Crippen LogP contribution >= 0.6 is 0 Å². The first-order chi connectivity index (χ1) is 8.83. The summed E-state index contributed by atoms with van der Waals surface area (Å²) in [4.78, 5) is 25.9. The van der Waals surface area contributed by atoms with Crippen LogP contribution in [-0.2, 0) is 5.54 Å². The van der Waals surface area contributed by atoms with Crippen LogP contribution in [-0.4, -0.2) is 21.7 Å². The van der Waals surface area contributed by atoms with Gasteiger partial charge in [0.05, 0.1) is 10.5 Å². The Kier molecular flexibility index (Phi) is 2.94. The number of carbonyl (C=O) groups is 1. The summed E-state index contributed by atoms with van der Waals surface area (Å²) < 4.78 is 0. The molecule has 0 bridgehead atoms. The van der Waals surface area contributed by atoms with Crippen molar-refractivity contribution in [2.75, 3.05) is 0 Å². The first-order valence-corrected chi connectivity index (χ1v) is 5.61. The van der Waals surface area contributed by atoms with Crippen molar-refractivity contribution >= 4 is 17.4 Å². The SMILES string of the molecule is CC1=NC(C)(c2cc([N+](=O)[O-])ccc2C(=O)O)C=C1. The summed E-state index contributed by atoms with van der Waals surface area (Å²) >= 11 is 0. The van der Waals surface area contributed by atoms with Gasteiger partial charge in [-0.1, -0.05) is 6.08 Å². The highest BCUT2D eigenvalue weighted by Gasteiger charge is 2.32. The molecule has 6 nitrogen and oxygen atoms in total. The van der Waals surface area contributed by atoms with E-state index in [1.54, 1.807) is 26.0 Å². The second-order valence-electron chi connectivity index (χ2n) is 4.53. The average molecular weight is 260 g/mol. The van der Waals surface area contributed by atoms with Crippen LogP contribution in [0, 0.1) is 10.1 Å². The summed E-state index contributed by atoms with van der Waals surface area (Å²) in [5.41, 5.74) is 0.0855. The molecule has 0 saturated heterocycles. The summed E-state index contributed by atoms with van der Waals surface area (Å²) in [5.74, 6) is -1.13. The summed E-state index contributed by atoms with van der Waals surface area (Å²) in [6.45, 7) is 3.52. The molecule has 1 aromatic rings. The molecule has 1 atom stereocenters. The minimum atomic E-state index is -1.13. The number of allylic oxidation sites excluding steroid dienone is 1. The minimum Gasteiger partial charge on any atom is -0.478 e. The van der Waals surface area contributed by atoms with E-state index in [1.165, 1.54) is 18.2 Å². The van der Waals surface area contributed by atoms with Crippen molar-refractivity contribution in [3.05, 3.63) is 51.6 Å². The highest BCUT2D eigenvalue weighted by Crippen LogP contribution is 2.35. The van der Waals surface area contributed by atoms with Crippen molar-refractivity contribution in [2.24, 2.45) is 4.99 Å². The number of aromatic carboxylic acids is 1.